The summed E-state index contributed by atoms with van der Waals surface area (Å²) in [6.45, 7) is 5.47. The summed E-state index contributed by atoms with van der Waals surface area (Å²) in [7, 11) is 0. The number of anilines is 1. The number of nitrogens with one attached hydrogen (secondary N) is 1. The predicted molar refractivity (Wildman–Crippen MR) is 84.9 cm³/mol. The molecular formula is C15H20N4O2S. The molecule has 1 amide bonds. The van der Waals surface area contributed by atoms with Gasteiger partial charge in [-0.1, -0.05) is 25.2 Å². The third kappa shape index (κ3) is 3.14. The highest BCUT2D eigenvalue weighted by Crippen LogP contribution is 2.31. The van der Waals surface area contributed by atoms with E-state index in [0.29, 0.717) is 12.5 Å². The van der Waals surface area contributed by atoms with Crippen molar-refractivity contribution in [3.05, 3.63) is 29.2 Å². The molecule has 118 valence electrons. The maximum Gasteiger partial charge on any atom is 0.243 e. The number of carbonyl (C=O) groups excluding carboxylic acids is 1. The molecule has 0 radical (unpaired) electrons. The minimum atomic E-state index is -0.164. The third-order valence-electron chi connectivity index (χ3n) is 3.74. The van der Waals surface area contributed by atoms with Crippen LogP contribution in [0.25, 0.3) is 0 Å². The molecule has 1 fully saturated rings. The van der Waals surface area contributed by atoms with Crippen LogP contribution in [0.1, 0.15) is 43.4 Å². The molecule has 0 saturated carbocycles. The van der Waals surface area contributed by atoms with E-state index in [1.165, 1.54) is 0 Å². The van der Waals surface area contributed by atoms with Gasteiger partial charge < -0.3 is 14.6 Å². The second kappa shape index (κ2) is 6.48. The Balaban J connectivity index is 1.65. The summed E-state index contributed by atoms with van der Waals surface area (Å²) in [5, 5.41) is 13.3. The van der Waals surface area contributed by atoms with E-state index in [2.05, 4.69) is 34.3 Å². The molecule has 22 heavy (non-hydrogen) atoms. The Morgan fingerprint density at radius 1 is 1.55 bits per heavy atom. The van der Waals surface area contributed by atoms with Gasteiger partial charge >= 0.3 is 0 Å². The van der Waals surface area contributed by atoms with E-state index in [0.717, 1.165) is 35.3 Å². The fraction of sp³-hybridized carbons (Fsp3) is 0.533. The van der Waals surface area contributed by atoms with Crippen molar-refractivity contribution in [3.8, 4) is 0 Å². The van der Waals surface area contributed by atoms with E-state index in [-0.39, 0.29) is 11.9 Å². The van der Waals surface area contributed by atoms with E-state index in [1.54, 1.807) is 17.6 Å². The minimum Gasteiger partial charge on any atom is -0.467 e. The topological polar surface area (TPSA) is 71.3 Å². The van der Waals surface area contributed by atoms with Gasteiger partial charge in [0.15, 0.2) is 0 Å². The summed E-state index contributed by atoms with van der Waals surface area (Å²) in [6.07, 6.45) is 3.45. The first-order valence-electron chi connectivity index (χ1n) is 7.55. The van der Waals surface area contributed by atoms with Gasteiger partial charge in [0.25, 0.3) is 0 Å². The van der Waals surface area contributed by atoms with Gasteiger partial charge in [0.1, 0.15) is 16.8 Å². The molecule has 0 spiro atoms. The number of aromatic nitrogens is 2. The second-order valence-corrected chi connectivity index (χ2v) is 6.71. The zero-order valence-corrected chi connectivity index (χ0v) is 13.6. The van der Waals surface area contributed by atoms with Crippen LogP contribution < -0.4 is 10.2 Å². The van der Waals surface area contributed by atoms with Gasteiger partial charge in [0.05, 0.1) is 12.8 Å². The molecule has 1 aliphatic rings. The molecule has 2 aromatic heterocycles. The van der Waals surface area contributed by atoms with Gasteiger partial charge in [-0.2, -0.15) is 0 Å². The number of rotatable bonds is 5. The molecule has 1 atom stereocenters. The normalized spacial score (nSPS) is 18.1. The molecule has 1 N–H and O–H groups in total. The third-order valence-corrected chi connectivity index (χ3v) is 5.00. The summed E-state index contributed by atoms with van der Waals surface area (Å²) < 4.78 is 5.24. The predicted octanol–water partition coefficient (Wildman–Crippen LogP) is 2.54. The van der Waals surface area contributed by atoms with Gasteiger partial charge in [0, 0.05) is 12.5 Å². The van der Waals surface area contributed by atoms with Crippen LogP contribution in [0.2, 0.25) is 0 Å². The average Bonchev–Trinajstić information content (AvgIpc) is 3.23. The van der Waals surface area contributed by atoms with Crippen LogP contribution in [0.3, 0.4) is 0 Å². The van der Waals surface area contributed by atoms with Gasteiger partial charge in [-0.3, -0.25) is 4.79 Å². The van der Waals surface area contributed by atoms with Gasteiger partial charge in [-0.15, -0.1) is 10.2 Å². The molecule has 1 unspecified atom stereocenters. The van der Waals surface area contributed by atoms with E-state index < -0.39 is 0 Å². The van der Waals surface area contributed by atoms with Gasteiger partial charge in [0.2, 0.25) is 11.0 Å². The van der Waals surface area contributed by atoms with Crippen molar-refractivity contribution >= 4 is 22.4 Å². The maximum absolute atomic E-state index is 12.4. The second-order valence-electron chi connectivity index (χ2n) is 5.73. The van der Waals surface area contributed by atoms with Crippen LogP contribution in [0.15, 0.2) is 22.8 Å². The number of carbonyl (C=O) groups is 1. The van der Waals surface area contributed by atoms with E-state index >= 15 is 0 Å². The lowest BCUT2D eigenvalue weighted by atomic mass is 10.2. The Labute approximate surface area is 133 Å². The van der Waals surface area contributed by atoms with Crippen LogP contribution in [0, 0.1) is 0 Å². The van der Waals surface area contributed by atoms with E-state index in [9.17, 15) is 4.79 Å². The standard InChI is InChI=1S/C15H20N4O2S/c1-10(2)14-17-18-15(22-14)19-7-3-6-12(19)13(20)16-9-11-5-4-8-21-11/h4-5,8,10,12H,3,6-7,9H2,1-2H3,(H,16,20). The zero-order valence-electron chi connectivity index (χ0n) is 12.8. The number of amides is 1. The zero-order chi connectivity index (χ0) is 15.5. The maximum atomic E-state index is 12.4. The highest BCUT2D eigenvalue weighted by atomic mass is 32.1. The molecule has 0 bridgehead atoms. The molecule has 6 nitrogen and oxygen atoms in total. The van der Waals surface area contributed by atoms with Crippen molar-refractivity contribution in [2.45, 2.75) is 45.2 Å². The summed E-state index contributed by atoms with van der Waals surface area (Å²) in [5.41, 5.74) is 0. The molecule has 3 rings (SSSR count). The quantitative estimate of drug-likeness (QED) is 0.916. The van der Waals surface area contributed by atoms with Crippen molar-refractivity contribution in [3.63, 3.8) is 0 Å². The molecule has 2 aromatic rings. The number of hydrogen-bond acceptors (Lipinski definition) is 6. The van der Waals surface area contributed by atoms with E-state index in [1.807, 2.05) is 12.1 Å². The molecular weight excluding hydrogens is 300 g/mol. The first kappa shape index (κ1) is 15.0. The smallest absolute Gasteiger partial charge is 0.243 e. The highest BCUT2D eigenvalue weighted by Gasteiger charge is 2.33. The lowest BCUT2D eigenvalue weighted by Crippen LogP contribution is -2.43. The van der Waals surface area contributed by atoms with Gasteiger partial charge in [-0.05, 0) is 25.0 Å². The Morgan fingerprint density at radius 3 is 3.09 bits per heavy atom. The molecule has 1 saturated heterocycles. The monoisotopic (exact) mass is 320 g/mol. The number of hydrogen-bond donors (Lipinski definition) is 1. The lowest BCUT2D eigenvalue weighted by molar-refractivity contribution is -0.122. The van der Waals surface area contributed by atoms with Crippen molar-refractivity contribution in [2.75, 3.05) is 11.4 Å². The van der Waals surface area contributed by atoms with Crippen LogP contribution in [0.4, 0.5) is 5.13 Å². The van der Waals surface area contributed by atoms with Crippen molar-refractivity contribution in [2.24, 2.45) is 0 Å². The highest BCUT2D eigenvalue weighted by molar-refractivity contribution is 7.15. The summed E-state index contributed by atoms with van der Waals surface area (Å²) in [6, 6.07) is 3.51. The number of nitrogens with zero attached hydrogens (tertiary/aromatic N) is 3. The molecule has 3 heterocycles. The SMILES string of the molecule is CC(C)c1nnc(N2CCCC2C(=O)NCc2ccco2)s1. The Bertz CT molecular complexity index is 623. The van der Waals surface area contributed by atoms with Crippen LogP contribution in [-0.2, 0) is 11.3 Å². The summed E-state index contributed by atoms with van der Waals surface area (Å²) in [5.74, 6) is 1.14. The van der Waals surface area contributed by atoms with Crippen molar-refractivity contribution in [1.29, 1.82) is 0 Å². The Morgan fingerprint density at radius 2 is 2.41 bits per heavy atom. The molecule has 0 aromatic carbocycles. The van der Waals surface area contributed by atoms with E-state index in [4.69, 9.17) is 4.42 Å². The Kier molecular flexibility index (Phi) is 4.42. The fourth-order valence-corrected chi connectivity index (χ4v) is 3.47. The van der Waals surface area contributed by atoms with Crippen molar-refractivity contribution < 1.29 is 9.21 Å². The van der Waals surface area contributed by atoms with Gasteiger partial charge in [-0.25, -0.2) is 0 Å². The average molecular weight is 320 g/mol. The van der Waals surface area contributed by atoms with Crippen molar-refractivity contribution in [1.82, 2.24) is 15.5 Å². The first-order chi connectivity index (χ1) is 10.6. The minimum absolute atomic E-state index is 0.0233. The molecule has 7 heteroatoms. The fourth-order valence-electron chi connectivity index (χ4n) is 2.55. The summed E-state index contributed by atoms with van der Waals surface area (Å²) in [4.78, 5) is 14.5. The van der Waals surface area contributed by atoms with Crippen LogP contribution in [0.5, 0.6) is 0 Å². The summed E-state index contributed by atoms with van der Waals surface area (Å²) >= 11 is 1.58. The largest absolute Gasteiger partial charge is 0.467 e. The van der Waals surface area contributed by atoms with Crippen LogP contribution >= 0.6 is 11.3 Å². The molecule has 1 aliphatic heterocycles. The Hall–Kier alpha value is -1.89. The van der Waals surface area contributed by atoms with Crippen LogP contribution in [-0.4, -0.2) is 28.7 Å². The lowest BCUT2D eigenvalue weighted by Gasteiger charge is -2.22. The number of furan rings is 1. The first-order valence-corrected chi connectivity index (χ1v) is 8.37. The molecule has 0 aliphatic carbocycles.